The monoisotopic (exact) mass is 374 g/mol. The third-order valence-electron chi connectivity index (χ3n) is 5.81. The molecule has 23 heavy (non-hydrogen) atoms. The fourth-order valence-electron chi connectivity index (χ4n) is 4.54. The molecular weight excluding hydrogens is 352 g/mol. The highest BCUT2D eigenvalue weighted by Crippen LogP contribution is 2.43. The lowest BCUT2D eigenvalue weighted by Crippen LogP contribution is -2.56. The molecule has 1 aromatic heterocycles. The van der Waals surface area contributed by atoms with Crippen LogP contribution in [0.1, 0.15) is 31.4 Å². The second-order valence-corrected chi connectivity index (χ2v) is 8.49. The molecule has 3 aliphatic rings. The second-order valence-electron chi connectivity index (χ2n) is 7.05. The fraction of sp³-hybridized carbons (Fsp3) is 0.526. The topological polar surface area (TPSA) is 36.4 Å². The molecule has 0 amide bonds. The summed E-state index contributed by atoms with van der Waals surface area (Å²) >= 11 is 3.77. The number of benzene rings is 1. The van der Waals surface area contributed by atoms with E-state index in [-0.39, 0.29) is 6.04 Å². The number of hydrogen-bond donors (Lipinski definition) is 1. The summed E-state index contributed by atoms with van der Waals surface area (Å²) < 4.78 is 0. The molecule has 0 radical (unpaired) electrons. The lowest BCUT2D eigenvalue weighted by atomic mass is 9.72. The van der Waals surface area contributed by atoms with Gasteiger partial charge in [0.25, 0.3) is 0 Å². The van der Waals surface area contributed by atoms with Gasteiger partial charge in [0, 0.05) is 29.0 Å². The maximum atomic E-state index is 11.1. The Kier molecular flexibility index (Phi) is 4.16. The zero-order valence-electron chi connectivity index (χ0n) is 13.4. The number of hydrogen-bond acceptors (Lipinski definition) is 3. The molecule has 5 rings (SSSR count). The Balaban J connectivity index is 1.64. The summed E-state index contributed by atoms with van der Waals surface area (Å²) in [6, 6.07) is 10.3. The number of rotatable bonds is 3. The van der Waals surface area contributed by atoms with E-state index in [9.17, 15) is 5.11 Å². The minimum atomic E-state index is -0.433. The first-order valence-corrected chi connectivity index (χ1v) is 9.46. The van der Waals surface area contributed by atoms with Crippen molar-refractivity contribution in [2.24, 2.45) is 11.8 Å². The number of para-hydroxylation sites is 1. The van der Waals surface area contributed by atoms with Crippen molar-refractivity contribution in [2.75, 3.05) is 13.1 Å². The molecule has 1 N–H and O–H groups in total. The van der Waals surface area contributed by atoms with Crippen molar-refractivity contribution in [1.82, 2.24) is 9.88 Å². The number of aliphatic hydroxyl groups is 1. The van der Waals surface area contributed by atoms with Gasteiger partial charge >= 0.3 is 0 Å². The van der Waals surface area contributed by atoms with Crippen molar-refractivity contribution < 1.29 is 5.11 Å². The number of pyridine rings is 1. The van der Waals surface area contributed by atoms with Gasteiger partial charge in [0.1, 0.15) is 0 Å². The van der Waals surface area contributed by atoms with Crippen LogP contribution in [-0.4, -0.2) is 38.9 Å². The zero-order valence-corrected chi connectivity index (χ0v) is 15.0. The number of halogens is 1. The summed E-state index contributed by atoms with van der Waals surface area (Å²) in [5, 5.41) is 12.2. The molecule has 4 heterocycles. The minimum Gasteiger partial charge on any atom is -0.387 e. The fourth-order valence-corrected chi connectivity index (χ4v) is 5.14. The average molecular weight is 375 g/mol. The van der Waals surface area contributed by atoms with E-state index in [0.717, 1.165) is 41.9 Å². The van der Waals surface area contributed by atoms with Crippen LogP contribution in [0, 0.1) is 11.8 Å². The third-order valence-corrected chi connectivity index (χ3v) is 6.49. The summed E-state index contributed by atoms with van der Waals surface area (Å²) in [5.41, 5.74) is 1.99. The van der Waals surface area contributed by atoms with E-state index in [1.165, 1.54) is 6.42 Å². The molecule has 3 nitrogen and oxygen atoms in total. The maximum Gasteiger partial charge on any atom is 0.0952 e. The van der Waals surface area contributed by atoms with E-state index in [4.69, 9.17) is 0 Å². The Labute approximate surface area is 145 Å². The van der Waals surface area contributed by atoms with Crippen molar-refractivity contribution in [2.45, 2.75) is 36.7 Å². The lowest BCUT2D eigenvalue weighted by Gasteiger charge is -2.52. The Morgan fingerprint density at radius 3 is 2.87 bits per heavy atom. The number of aliphatic hydroxyl groups excluding tert-OH is 1. The minimum absolute atomic E-state index is 0.238. The SMILES string of the molecule is C[C@@H](Br)[C@H]1CN2CC[C@@H]1C[C@@H]2[C@H](O)c1ccnc2ccccc12. The summed E-state index contributed by atoms with van der Waals surface area (Å²) in [7, 11) is 0. The van der Waals surface area contributed by atoms with E-state index >= 15 is 0 Å². The van der Waals surface area contributed by atoms with E-state index in [2.05, 4.69) is 38.8 Å². The predicted octanol–water partition coefficient (Wildman–Crippen LogP) is 3.76. The van der Waals surface area contributed by atoms with Gasteiger partial charge in [-0.05, 0) is 48.9 Å². The normalized spacial score (nSPS) is 32.8. The van der Waals surface area contributed by atoms with Gasteiger partial charge in [-0.15, -0.1) is 0 Å². The summed E-state index contributed by atoms with van der Waals surface area (Å²) in [6.45, 7) is 4.47. The molecule has 6 atom stereocenters. The van der Waals surface area contributed by atoms with Gasteiger partial charge in [0.05, 0.1) is 11.6 Å². The van der Waals surface area contributed by atoms with E-state index < -0.39 is 6.10 Å². The summed E-state index contributed by atoms with van der Waals surface area (Å²) in [6.07, 6.45) is 3.75. The third kappa shape index (κ3) is 2.71. The van der Waals surface area contributed by atoms with Gasteiger partial charge in [0.15, 0.2) is 0 Å². The average Bonchev–Trinajstić information content (AvgIpc) is 2.60. The highest BCUT2D eigenvalue weighted by atomic mass is 79.9. The van der Waals surface area contributed by atoms with Crippen molar-refractivity contribution in [3.63, 3.8) is 0 Å². The first-order chi connectivity index (χ1) is 11.1. The molecule has 4 heteroatoms. The van der Waals surface area contributed by atoms with Gasteiger partial charge in [-0.25, -0.2) is 0 Å². The largest absolute Gasteiger partial charge is 0.387 e. The summed E-state index contributed by atoms with van der Waals surface area (Å²) in [4.78, 5) is 7.48. The van der Waals surface area contributed by atoms with E-state index in [0.29, 0.717) is 10.7 Å². The van der Waals surface area contributed by atoms with E-state index in [1.54, 1.807) is 0 Å². The second kappa shape index (κ2) is 6.15. The Morgan fingerprint density at radius 1 is 1.30 bits per heavy atom. The quantitative estimate of drug-likeness (QED) is 0.830. The lowest BCUT2D eigenvalue weighted by molar-refractivity contribution is -0.0544. The van der Waals surface area contributed by atoms with Crippen LogP contribution in [0.2, 0.25) is 0 Å². The van der Waals surface area contributed by atoms with Gasteiger partial charge < -0.3 is 5.11 Å². The zero-order chi connectivity index (χ0) is 16.0. The molecule has 3 aliphatic heterocycles. The first-order valence-electron chi connectivity index (χ1n) is 8.55. The van der Waals surface area contributed by atoms with Gasteiger partial charge in [-0.1, -0.05) is 41.1 Å². The number of aromatic nitrogens is 1. The van der Waals surface area contributed by atoms with Crippen LogP contribution in [0.3, 0.4) is 0 Å². The standard InChI is InChI=1S/C19H23BrN2O/c1-12(20)16-11-22-9-7-13(16)10-18(22)19(23)15-6-8-21-17-5-3-2-4-14(15)17/h2-6,8,12-13,16,18-19,23H,7,9-11H2,1H3/t12-,13-,16-,18-,19-/m1/s1. The van der Waals surface area contributed by atoms with E-state index in [1.807, 2.05) is 30.5 Å². The number of alkyl halides is 1. The van der Waals surface area contributed by atoms with Crippen LogP contribution in [0.15, 0.2) is 36.5 Å². The van der Waals surface area contributed by atoms with Crippen molar-refractivity contribution in [3.8, 4) is 0 Å². The van der Waals surface area contributed by atoms with Crippen molar-refractivity contribution in [1.29, 1.82) is 0 Å². The van der Waals surface area contributed by atoms with Gasteiger partial charge in [-0.2, -0.15) is 0 Å². The van der Waals surface area contributed by atoms with Crippen LogP contribution in [-0.2, 0) is 0 Å². The Hall–Kier alpha value is -0.970. The molecule has 2 bridgehead atoms. The number of nitrogens with zero attached hydrogens (tertiary/aromatic N) is 2. The van der Waals surface area contributed by atoms with Gasteiger partial charge in [0.2, 0.25) is 0 Å². The van der Waals surface area contributed by atoms with Crippen LogP contribution >= 0.6 is 15.9 Å². The Bertz CT molecular complexity index is 699. The molecule has 2 aromatic rings. The predicted molar refractivity (Wildman–Crippen MR) is 96.7 cm³/mol. The highest BCUT2D eigenvalue weighted by molar-refractivity contribution is 9.09. The van der Waals surface area contributed by atoms with Crippen molar-refractivity contribution in [3.05, 3.63) is 42.1 Å². The first kappa shape index (κ1) is 15.6. The molecular formula is C19H23BrN2O. The molecule has 0 spiro atoms. The van der Waals surface area contributed by atoms with Crippen LogP contribution in [0.5, 0.6) is 0 Å². The van der Waals surface area contributed by atoms with Crippen LogP contribution < -0.4 is 0 Å². The molecule has 0 aliphatic carbocycles. The molecule has 122 valence electrons. The number of piperidine rings is 3. The number of fused-ring (bicyclic) bond motifs is 4. The molecule has 0 saturated carbocycles. The molecule has 1 unspecified atom stereocenters. The summed E-state index contributed by atoms with van der Waals surface area (Å²) in [5.74, 6) is 1.43. The van der Waals surface area contributed by atoms with Crippen LogP contribution in [0.4, 0.5) is 0 Å². The highest BCUT2D eigenvalue weighted by Gasteiger charge is 2.44. The van der Waals surface area contributed by atoms with Crippen LogP contribution in [0.25, 0.3) is 10.9 Å². The maximum absolute atomic E-state index is 11.1. The smallest absolute Gasteiger partial charge is 0.0952 e. The molecule has 3 fully saturated rings. The molecule has 1 aromatic carbocycles. The van der Waals surface area contributed by atoms with Gasteiger partial charge in [-0.3, -0.25) is 9.88 Å². The molecule has 3 saturated heterocycles. The van der Waals surface area contributed by atoms with Crippen molar-refractivity contribution >= 4 is 26.8 Å². The Morgan fingerprint density at radius 2 is 2.13 bits per heavy atom.